The smallest absolute Gasteiger partial charge is 0.273 e. The first kappa shape index (κ1) is 38.1. The van der Waals surface area contributed by atoms with Gasteiger partial charge in [-0.1, -0.05) is 33.8 Å². The number of nitrogens with one attached hydrogen (secondary N) is 3. The van der Waals surface area contributed by atoms with Gasteiger partial charge in [-0.05, 0) is 61.4 Å². The molecule has 14 heteroatoms. The Bertz CT molecular complexity index is 1660. The van der Waals surface area contributed by atoms with Gasteiger partial charge in [-0.15, -0.1) is 11.3 Å². The third-order valence-electron chi connectivity index (χ3n) is 8.21. The zero-order valence-corrected chi connectivity index (χ0v) is 30.4. The highest BCUT2D eigenvalue weighted by molar-refractivity contribution is 7.09. The lowest BCUT2D eigenvalue weighted by atomic mass is 10.0. The molecule has 0 fully saturated rings. The van der Waals surface area contributed by atoms with Crippen LogP contribution in [0.2, 0.25) is 0 Å². The normalized spacial score (nSPS) is 17.2. The maximum atomic E-state index is 13.7. The second-order valence-corrected chi connectivity index (χ2v) is 13.8. The highest BCUT2D eigenvalue weighted by Crippen LogP contribution is 2.37. The van der Waals surface area contributed by atoms with Gasteiger partial charge >= 0.3 is 0 Å². The van der Waals surface area contributed by atoms with Crippen molar-refractivity contribution in [3.8, 4) is 23.0 Å². The number of nitrogens with two attached hydrogens (primary N) is 1. The van der Waals surface area contributed by atoms with Gasteiger partial charge in [0.15, 0.2) is 11.5 Å². The average molecular weight is 709 g/mol. The van der Waals surface area contributed by atoms with Crippen LogP contribution < -0.4 is 35.9 Å². The molecule has 5 N–H and O–H groups in total. The maximum Gasteiger partial charge on any atom is 0.273 e. The van der Waals surface area contributed by atoms with Gasteiger partial charge < -0.3 is 40.8 Å². The fraction of sp³-hybridized carbons (Fsp3) is 0.472. The molecule has 0 saturated heterocycles. The molecule has 2 heterocycles. The summed E-state index contributed by atoms with van der Waals surface area (Å²) in [5.41, 5.74) is 7.43. The minimum atomic E-state index is -0.893. The summed E-state index contributed by atoms with van der Waals surface area (Å²) in [6.07, 6.45) is 1.75. The van der Waals surface area contributed by atoms with Crippen molar-refractivity contribution in [1.82, 2.24) is 25.8 Å². The fourth-order valence-corrected chi connectivity index (χ4v) is 6.35. The van der Waals surface area contributed by atoms with Crippen molar-refractivity contribution in [1.29, 1.82) is 0 Å². The Kier molecular flexibility index (Phi) is 13.6. The molecule has 0 radical (unpaired) electrons. The molecule has 4 amide bonds. The van der Waals surface area contributed by atoms with Crippen molar-refractivity contribution in [2.24, 2.45) is 17.6 Å². The molecule has 2 bridgehead atoms. The van der Waals surface area contributed by atoms with Crippen LogP contribution in [-0.2, 0) is 16.1 Å². The van der Waals surface area contributed by atoms with Gasteiger partial charge in [0, 0.05) is 24.0 Å². The maximum absolute atomic E-state index is 13.7. The Morgan fingerprint density at radius 2 is 1.80 bits per heavy atom. The molecule has 1 aliphatic rings. The molecule has 0 saturated carbocycles. The first-order valence-electron chi connectivity index (χ1n) is 16.8. The Morgan fingerprint density at radius 3 is 2.50 bits per heavy atom. The minimum Gasteiger partial charge on any atom is -0.496 e. The molecule has 2 aromatic carbocycles. The topological polar surface area (TPSA) is 174 Å². The molecule has 0 aliphatic carbocycles. The number of hydrogen-bond donors (Lipinski definition) is 4. The van der Waals surface area contributed by atoms with Crippen LogP contribution in [0, 0.1) is 11.8 Å². The monoisotopic (exact) mass is 708 g/mol. The number of benzene rings is 2. The van der Waals surface area contributed by atoms with E-state index in [9.17, 15) is 19.2 Å². The summed E-state index contributed by atoms with van der Waals surface area (Å²) in [5.74, 6) is 0.00134. The van der Waals surface area contributed by atoms with Crippen molar-refractivity contribution in [3.63, 3.8) is 0 Å². The molecule has 3 aromatic rings. The van der Waals surface area contributed by atoms with E-state index in [-0.39, 0.29) is 43.2 Å². The van der Waals surface area contributed by atoms with Gasteiger partial charge in [0.2, 0.25) is 11.8 Å². The number of carbonyl (C=O) groups excluding carboxylic acids is 4. The molecule has 1 unspecified atom stereocenters. The Balaban J connectivity index is 1.64. The lowest BCUT2D eigenvalue weighted by molar-refractivity contribution is -0.130. The van der Waals surface area contributed by atoms with E-state index in [2.05, 4.69) is 34.8 Å². The van der Waals surface area contributed by atoms with Gasteiger partial charge in [-0.3, -0.25) is 19.2 Å². The number of amides is 4. The molecular formula is C36H48N6O7S. The molecule has 13 nitrogen and oxygen atoms in total. The summed E-state index contributed by atoms with van der Waals surface area (Å²) in [4.78, 5) is 59.8. The number of hydrogen-bond acceptors (Lipinski definition) is 10. The third kappa shape index (κ3) is 9.94. The number of rotatable bonds is 7. The molecule has 50 heavy (non-hydrogen) atoms. The molecule has 1 aromatic heterocycles. The minimum absolute atomic E-state index is 0.00940. The molecule has 1 aliphatic heterocycles. The van der Waals surface area contributed by atoms with Gasteiger partial charge in [0.25, 0.3) is 11.8 Å². The number of methoxy groups -OCH3 is 2. The van der Waals surface area contributed by atoms with Crippen molar-refractivity contribution < 1.29 is 33.4 Å². The first-order valence-corrected chi connectivity index (χ1v) is 17.7. The van der Waals surface area contributed by atoms with Gasteiger partial charge in [0.1, 0.15) is 28.2 Å². The number of nitrogens with zero attached hydrogens (tertiary/aromatic N) is 2. The van der Waals surface area contributed by atoms with Crippen molar-refractivity contribution >= 4 is 35.0 Å². The zero-order chi connectivity index (χ0) is 36.4. The number of thiazole rings is 1. The lowest BCUT2D eigenvalue weighted by Gasteiger charge is -2.26. The highest BCUT2D eigenvalue weighted by atomic mass is 32.1. The quantitative estimate of drug-likeness (QED) is 0.277. The summed E-state index contributed by atoms with van der Waals surface area (Å²) in [6, 6.07) is 8.90. The molecular weight excluding hydrogens is 660 g/mol. The molecule has 2 atom stereocenters. The van der Waals surface area contributed by atoms with E-state index in [4.69, 9.17) is 19.9 Å². The number of aromatic nitrogens is 1. The SMILES string of the molecule is COc1ccc2cc1Oc1cccc(OC)c1CNC(=O)C(C(C)C)NC(=O)CN(C(=O)c1csc([C@@H](N)CC(C)C)n1)CCCCNC2=O. The van der Waals surface area contributed by atoms with E-state index < -0.39 is 23.8 Å². The van der Waals surface area contributed by atoms with Crippen LogP contribution in [0.1, 0.15) is 84.4 Å². The van der Waals surface area contributed by atoms with E-state index in [0.29, 0.717) is 64.4 Å². The van der Waals surface area contributed by atoms with Crippen LogP contribution in [0.5, 0.6) is 23.0 Å². The van der Waals surface area contributed by atoms with E-state index in [1.165, 1.54) is 30.5 Å². The van der Waals surface area contributed by atoms with Crippen LogP contribution in [-0.4, -0.2) is 73.4 Å². The van der Waals surface area contributed by atoms with E-state index in [1.807, 2.05) is 13.8 Å². The summed E-state index contributed by atoms with van der Waals surface area (Å²) >= 11 is 1.32. The van der Waals surface area contributed by atoms with Crippen LogP contribution in [0.25, 0.3) is 0 Å². The van der Waals surface area contributed by atoms with E-state index >= 15 is 0 Å². The Hall–Kier alpha value is -4.69. The Labute approximate surface area is 297 Å². The summed E-state index contributed by atoms with van der Waals surface area (Å²) in [6.45, 7) is 8.07. The molecule has 270 valence electrons. The third-order valence-corrected chi connectivity index (χ3v) is 9.18. The van der Waals surface area contributed by atoms with Crippen LogP contribution in [0.15, 0.2) is 41.8 Å². The molecule has 4 rings (SSSR count). The van der Waals surface area contributed by atoms with Crippen molar-refractivity contribution in [2.75, 3.05) is 33.9 Å². The summed E-state index contributed by atoms with van der Waals surface area (Å²) < 4.78 is 17.4. The molecule has 0 spiro atoms. The standard InChI is InChI=1S/C36H48N6O7S/c1-21(2)16-25(37)35-40-26(20-50-35)36(46)42-15-8-7-14-38-33(44)23-12-13-29(48-6)30(17-23)49-28-11-9-10-27(47-5)24(28)18-39-34(45)32(22(3)4)41-31(43)19-42/h9-13,17,20-22,25,32H,7-8,14-16,18-19,37H2,1-6H3,(H,38,44)(H,39,45)(H,41,43)/t25-,32?/m0/s1. The largest absolute Gasteiger partial charge is 0.496 e. The fourth-order valence-electron chi connectivity index (χ4n) is 5.55. The summed E-state index contributed by atoms with van der Waals surface area (Å²) in [7, 11) is 3.01. The van der Waals surface area contributed by atoms with Crippen LogP contribution in [0.4, 0.5) is 0 Å². The average Bonchev–Trinajstić information content (AvgIpc) is 3.58. The first-order chi connectivity index (χ1) is 23.9. The second kappa shape index (κ2) is 17.8. The van der Waals surface area contributed by atoms with Crippen LogP contribution >= 0.6 is 11.3 Å². The predicted molar refractivity (Wildman–Crippen MR) is 191 cm³/mol. The van der Waals surface area contributed by atoms with Gasteiger partial charge in [-0.25, -0.2) is 4.98 Å². The second-order valence-electron chi connectivity index (χ2n) is 12.9. The lowest BCUT2D eigenvalue weighted by Crippen LogP contribution is -2.52. The van der Waals surface area contributed by atoms with E-state index in [1.54, 1.807) is 41.8 Å². The van der Waals surface area contributed by atoms with Crippen LogP contribution in [0.3, 0.4) is 0 Å². The zero-order valence-electron chi connectivity index (χ0n) is 29.5. The van der Waals surface area contributed by atoms with E-state index in [0.717, 1.165) is 6.42 Å². The number of ether oxygens (including phenoxy) is 3. The Morgan fingerprint density at radius 1 is 1.04 bits per heavy atom. The van der Waals surface area contributed by atoms with Gasteiger partial charge in [-0.2, -0.15) is 0 Å². The highest BCUT2D eigenvalue weighted by Gasteiger charge is 2.28. The predicted octanol–water partition coefficient (Wildman–Crippen LogP) is 4.42. The number of fused-ring (bicyclic) bond motifs is 3. The number of carbonyl (C=O) groups is 4. The van der Waals surface area contributed by atoms with Crippen molar-refractivity contribution in [3.05, 3.63) is 63.6 Å². The van der Waals surface area contributed by atoms with Gasteiger partial charge in [0.05, 0.1) is 38.9 Å². The van der Waals surface area contributed by atoms with Crippen molar-refractivity contribution in [2.45, 2.75) is 65.6 Å². The summed E-state index contributed by atoms with van der Waals surface area (Å²) in [5, 5.41) is 11.0.